The van der Waals surface area contributed by atoms with Gasteiger partial charge in [0.25, 0.3) is 0 Å². The topological polar surface area (TPSA) is 77.2 Å². The van der Waals surface area contributed by atoms with E-state index in [9.17, 15) is 4.79 Å². The number of hydrogen-bond acceptors (Lipinski definition) is 4. The summed E-state index contributed by atoms with van der Waals surface area (Å²) in [5.41, 5.74) is 8.34. The average Bonchev–Trinajstić information content (AvgIpc) is 2.66. The zero-order valence-corrected chi connectivity index (χ0v) is 15.3. The molecule has 0 saturated carbocycles. The number of pyridine rings is 1. The Hall–Kier alpha value is -2.40. The maximum absolute atomic E-state index is 11.1. The SMILES string of the molecule is CCCCCNC1CCCc2ccc(Oc3ccc(C(N)=O)cn3)cc21. The van der Waals surface area contributed by atoms with Crippen molar-refractivity contribution in [1.82, 2.24) is 10.3 Å². The summed E-state index contributed by atoms with van der Waals surface area (Å²) in [5.74, 6) is 0.735. The molecule has 1 aliphatic carbocycles. The molecule has 3 rings (SSSR count). The minimum Gasteiger partial charge on any atom is -0.439 e. The van der Waals surface area contributed by atoms with Crippen LogP contribution in [-0.4, -0.2) is 17.4 Å². The van der Waals surface area contributed by atoms with Crippen molar-refractivity contribution in [1.29, 1.82) is 0 Å². The first kappa shape index (κ1) is 18.4. The number of aromatic nitrogens is 1. The van der Waals surface area contributed by atoms with Gasteiger partial charge in [-0.3, -0.25) is 4.79 Å². The summed E-state index contributed by atoms with van der Waals surface area (Å²) >= 11 is 0. The van der Waals surface area contributed by atoms with Gasteiger partial charge in [-0.1, -0.05) is 25.8 Å². The molecule has 1 aromatic heterocycles. The molecule has 0 fully saturated rings. The summed E-state index contributed by atoms with van der Waals surface area (Å²) in [5, 5.41) is 3.70. The molecule has 26 heavy (non-hydrogen) atoms. The molecule has 1 atom stereocenters. The molecule has 1 unspecified atom stereocenters. The van der Waals surface area contributed by atoms with Crippen molar-refractivity contribution in [3.8, 4) is 11.6 Å². The third-order valence-corrected chi connectivity index (χ3v) is 4.85. The van der Waals surface area contributed by atoms with E-state index in [0.29, 0.717) is 17.5 Å². The van der Waals surface area contributed by atoms with Crippen molar-refractivity contribution in [2.24, 2.45) is 5.73 Å². The monoisotopic (exact) mass is 353 g/mol. The highest BCUT2D eigenvalue weighted by Gasteiger charge is 2.20. The number of nitrogens with two attached hydrogens (primary N) is 1. The van der Waals surface area contributed by atoms with Gasteiger partial charge in [-0.2, -0.15) is 0 Å². The van der Waals surface area contributed by atoms with Crippen LogP contribution in [0.1, 0.15) is 66.6 Å². The highest BCUT2D eigenvalue weighted by molar-refractivity contribution is 5.92. The summed E-state index contributed by atoms with van der Waals surface area (Å²) in [6, 6.07) is 9.95. The summed E-state index contributed by atoms with van der Waals surface area (Å²) in [6.45, 7) is 3.28. The predicted molar refractivity (Wildman–Crippen MR) is 102 cm³/mol. The lowest BCUT2D eigenvalue weighted by atomic mass is 9.87. The van der Waals surface area contributed by atoms with Crippen molar-refractivity contribution < 1.29 is 9.53 Å². The van der Waals surface area contributed by atoms with Crippen LogP contribution in [0.3, 0.4) is 0 Å². The number of primary amides is 1. The predicted octanol–water partition coefficient (Wildman–Crippen LogP) is 4.13. The Kier molecular flexibility index (Phi) is 6.23. The molecule has 0 spiro atoms. The van der Waals surface area contributed by atoms with Crippen molar-refractivity contribution in [2.45, 2.75) is 51.5 Å². The third kappa shape index (κ3) is 4.61. The molecule has 1 amide bonds. The highest BCUT2D eigenvalue weighted by atomic mass is 16.5. The molecule has 1 heterocycles. The van der Waals surface area contributed by atoms with Gasteiger partial charge in [-0.15, -0.1) is 0 Å². The van der Waals surface area contributed by atoms with Crippen LogP contribution in [-0.2, 0) is 6.42 Å². The second-order valence-corrected chi connectivity index (χ2v) is 6.82. The Balaban J connectivity index is 1.70. The van der Waals surface area contributed by atoms with Crippen LogP contribution in [0.15, 0.2) is 36.5 Å². The van der Waals surface area contributed by atoms with Crippen LogP contribution < -0.4 is 15.8 Å². The molecule has 0 radical (unpaired) electrons. The number of nitrogens with zero attached hydrogens (tertiary/aromatic N) is 1. The van der Waals surface area contributed by atoms with Gasteiger partial charge in [-0.25, -0.2) is 4.98 Å². The molecule has 5 nitrogen and oxygen atoms in total. The third-order valence-electron chi connectivity index (χ3n) is 4.85. The van der Waals surface area contributed by atoms with E-state index in [2.05, 4.69) is 29.4 Å². The normalized spacial score (nSPS) is 16.1. The Morgan fingerprint density at radius 1 is 1.31 bits per heavy atom. The molecule has 0 bridgehead atoms. The highest BCUT2D eigenvalue weighted by Crippen LogP contribution is 2.33. The number of rotatable bonds is 8. The van der Waals surface area contributed by atoms with Crippen LogP contribution in [0.25, 0.3) is 0 Å². The van der Waals surface area contributed by atoms with Crippen molar-refractivity contribution in [3.63, 3.8) is 0 Å². The van der Waals surface area contributed by atoms with E-state index in [-0.39, 0.29) is 0 Å². The van der Waals surface area contributed by atoms with Gasteiger partial charge in [0, 0.05) is 18.3 Å². The first-order valence-corrected chi connectivity index (χ1v) is 9.47. The van der Waals surface area contributed by atoms with E-state index in [1.165, 1.54) is 43.0 Å². The van der Waals surface area contributed by atoms with Crippen molar-refractivity contribution in [3.05, 3.63) is 53.2 Å². The van der Waals surface area contributed by atoms with E-state index in [0.717, 1.165) is 25.1 Å². The molecule has 1 aromatic carbocycles. The molecule has 1 aliphatic rings. The number of hydrogen-bond donors (Lipinski definition) is 2. The van der Waals surface area contributed by atoms with Crippen LogP contribution in [0.4, 0.5) is 0 Å². The van der Waals surface area contributed by atoms with E-state index in [1.54, 1.807) is 12.1 Å². The number of carbonyl (C=O) groups is 1. The van der Waals surface area contributed by atoms with Crippen LogP contribution in [0, 0.1) is 0 Å². The molecular formula is C21H27N3O2. The average molecular weight is 353 g/mol. The lowest BCUT2D eigenvalue weighted by Crippen LogP contribution is -2.26. The van der Waals surface area contributed by atoms with Gasteiger partial charge in [-0.05, 0) is 61.6 Å². The number of amides is 1. The van der Waals surface area contributed by atoms with Crippen molar-refractivity contribution in [2.75, 3.05) is 6.54 Å². The minimum absolute atomic E-state index is 0.374. The van der Waals surface area contributed by atoms with Crippen LogP contribution in [0.5, 0.6) is 11.6 Å². The van der Waals surface area contributed by atoms with E-state index < -0.39 is 5.91 Å². The quantitative estimate of drug-likeness (QED) is 0.700. The maximum Gasteiger partial charge on any atom is 0.250 e. The van der Waals surface area contributed by atoms with Gasteiger partial charge in [0.1, 0.15) is 5.75 Å². The number of aryl methyl sites for hydroxylation is 1. The fraction of sp³-hybridized carbons (Fsp3) is 0.429. The lowest BCUT2D eigenvalue weighted by Gasteiger charge is -2.27. The Labute approximate surface area is 155 Å². The summed E-state index contributed by atoms with van der Waals surface area (Å²) in [6.07, 6.45) is 8.66. The Morgan fingerprint density at radius 2 is 2.19 bits per heavy atom. The van der Waals surface area contributed by atoms with Gasteiger partial charge in [0.05, 0.1) is 5.56 Å². The zero-order valence-electron chi connectivity index (χ0n) is 15.3. The first-order valence-electron chi connectivity index (χ1n) is 9.47. The van der Waals surface area contributed by atoms with E-state index >= 15 is 0 Å². The number of nitrogens with one attached hydrogen (secondary N) is 1. The molecule has 0 saturated heterocycles. The second-order valence-electron chi connectivity index (χ2n) is 6.82. The van der Waals surface area contributed by atoms with Gasteiger partial charge >= 0.3 is 0 Å². The molecule has 2 aromatic rings. The lowest BCUT2D eigenvalue weighted by molar-refractivity contribution is 0.1000. The molecule has 138 valence electrons. The van der Waals surface area contributed by atoms with Gasteiger partial charge < -0.3 is 15.8 Å². The number of carbonyl (C=O) groups excluding carboxylic acids is 1. The standard InChI is InChI=1S/C21H27N3O2/c1-2-3-4-12-23-19-7-5-6-15-8-10-17(13-18(15)19)26-20-11-9-16(14-24-20)21(22)25/h8-11,13-14,19,23H,2-7,12H2,1H3,(H2,22,25). The smallest absolute Gasteiger partial charge is 0.250 e. The van der Waals surface area contributed by atoms with Crippen LogP contribution >= 0.6 is 0 Å². The Bertz CT molecular complexity index is 743. The summed E-state index contributed by atoms with van der Waals surface area (Å²) < 4.78 is 5.88. The molecular weight excluding hydrogens is 326 g/mol. The summed E-state index contributed by atoms with van der Waals surface area (Å²) in [4.78, 5) is 15.3. The summed E-state index contributed by atoms with van der Waals surface area (Å²) in [7, 11) is 0. The first-order chi connectivity index (χ1) is 12.7. The van der Waals surface area contributed by atoms with E-state index in [4.69, 9.17) is 10.5 Å². The second kappa shape index (κ2) is 8.81. The largest absolute Gasteiger partial charge is 0.439 e. The fourth-order valence-electron chi connectivity index (χ4n) is 3.41. The minimum atomic E-state index is -0.491. The number of fused-ring (bicyclic) bond motifs is 1. The zero-order chi connectivity index (χ0) is 18.4. The number of unbranched alkanes of at least 4 members (excludes halogenated alkanes) is 2. The van der Waals surface area contributed by atoms with Gasteiger partial charge in [0.15, 0.2) is 0 Å². The van der Waals surface area contributed by atoms with E-state index in [1.807, 2.05) is 6.07 Å². The molecule has 3 N–H and O–H groups in total. The number of ether oxygens (including phenoxy) is 1. The van der Waals surface area contributed by atoms with Crippen molar-refractivity contribution >= 4 is 5.91 Å². The maximum atomic E-state index is 11.1. The number of benzene rings is 1. The molecule has 0 aliphatic heterocycles. The fourth-order valence-corrected chi connectivity index (χ4v) is 3.41. The van der Waals surface area contributed by atoms with Crippen LogP contribution in [0.2, 0.25) is 0 Å². The molecule has 5 heteroatoms. The Morgan fingerprint density at radius 3 is 2.92 bits per heavy atom. The van der Waals surface area contributed by atoms with Gasteiger partial charge in [0.2, 0.25) is 11.8 Å².